The Morgan fingerprint density at radius 3 is 2.95 bits per heavy atom. The summed E-state index contributed by atoms with van der Waals surface area (Å²) < 4.78 is 5.52. The van der Waals surface area contributed by atoms with Gasteiger partial charge in [-0.1, -0.05) is 13.0 Å². The van der Waals surface area contributed by atoms with Gasteiger partial charge in [-0.15, -0.1) is 0 Å². The molecule has 0 atom stereocenters. The van der Waals surface area contributed by atoms with E-state index in [1.165, 1.54) is 0 Å². The molecule has 2 aromatic rings. The molecule has 0 unspecified atom stereocenters. The van der Waals surface area contributed by atoms with Crippen LogP contribution in [0.2, 0.25) is 0 Å². The van der Waals surface area contributed by atoms with Crippen LogP contribution in [-0.2, 0) is 6.54 Å². The van der Waals surface area contributed by atoms with E-state index in [1.54, 1.807) is 30.6 Å². The smallest absolute Gasteiger partial charge is 0.251 e. The molecule has 0 aliphatic rings. The van der Waals surface area contributed by atoms with Crippen molar-refractivity contribution in [3.05, 3.63) is 53.9 Å². The third-order valence-electron chi connectivity index (χ3n) is 2.91. The second-order valence-corrected chi connectivity index (χ2v) is 4.65. The second kappa shape index (κ2) is 7.28. The summed E-state index contributed by atoms with van der Waals surface area (Å²) in [6.07, 6.45) is 4.30. The van der Waals surface area contributed by atoms with Gasteiger partial charge in [-0.3, -0.25) is 9.78 Å². The van der Waals surface area contributed by atoms with Gasteiger partial charge in [0, 0.05) is 24.5 Å². The Morgan fingerprint density at radius 2 is 2.24 bits per heavy atom. The lowest BCUT2D eigenvalue weighted by molar-refractivity contribution is 0.0950. The first-order valence-electron chi connectivity index (χ1n) is 6.90. The van der Waals surface area contributed by atoms with Crippen molar-refractivity contribution in [1.82, 2.24) is 10.3 Å². The van der Waals surface area contributed by atoms with E-state index in [2.05, 4.69) is 10.3 Å². The highest BCUT2D eigenvalue weighted by Gasteiger charge is 2.09. The molecule has 2 rings (SSSR count). The molecule has 0 saturated heterocycles. The Hall–Kier alpha value is -2.56. The van der Waals surface area contributed by atoms with E-state index in [9.17, 15) is 4.79 Å². The van der Waals surface area contributed by atoms with Crippen molar-refractivity contribution < 1.29 is 9.53 Å². The Balaban J connectivity index is 2.01. The standard InChI is InChI=1S/C16H19N3O2/c1-2-8-21-15-9-13(5-6-14(15)17)16(20)19-11-12-4-3-7-18-10-12/h3-7,9-10H,2,8,11,17H2,1H3,(H,19,20). The Labute approximate surface area is 124 Å². The van der Waals surface area contributed by atoms with Gasteiger partial charge >= 0.3 is 0 Å². The molecule has 0 fully saturated rings. The van der Waals surface area contributed by atoms with Crippen molar-refractivity contribution in [2.75, 3.05) is 12.3 Å². The minimum absolute atomic E-state index is 0.166. The number of aromatic nitrogens is 1. The van der Waals surface area contributed by atoms with Crippen molar-refractivity contribution in [1.29, 1.82) is 0 Å². The van der Waals surface area contributed by atoms with Crippen LogP contribution in [-0.4, -0.2) is 17.5 Å². The SMILES string of the molecule is CCCOc1cc(C(=O)NCc2cccnc2)ccc1N. The first kappa shape index (κ1) is 14.8. The molecule has 110 valence electrons. The van der Waals surface area contributed by atoms with E-state index < -0.39 is 0 Å². The van der Waals surface area contributed by atoms with Crippen LogP contribution in [0, 0.1) is 0 Å². The number of pyridine rings is 1. The number of carbonyl (C=O) groups is 1. The first-order valence-corrected chi connectivity index (χ1v) is 6.90. The van der Waals surface area contributed by atoms with Gasteiger partial charge in [0.25, 0.3) is 5.91 Å². The van der Waals surface area contributed by atoms with Crippen LogP contribution in [0.5, 0.6) is 5.75 Å². The summed E-state index contributed by atoms with van der Waals surface area (Å²) in [5.74, 6) is 0.381. The average Bonchev–Trinajstić information content (AvgIpc) is 2.53. The summed E-state index contributed by atoms with van der Waals surface area (Å²) in [7, 11) is 0. The van der Waals surface area contributed by atoms with E-state index >= 15 is 0 Å². The largest absolute Gasteiger partial charge is 0.491 e. The number of nitrogens with two attached hydrogens (primary N) is 1. The molecule has 3 N–H and O–H groups in total. The average molecular weight is 285 g/mol. The summed E-state index contributed by atoms with van der Waals surface area (Å²) in [5, 5.41) is 2.84. The molecule has 5 heteroatoms. The predicted molar refractivity (Wildman–Crippen MR) is 82.0 cm³/mol. The van der Waals surface area contributed by atoms with Crippen molar-refractivity contribution in [3.63, 3.8) is 0 Å². The fourth-order valence-electron chi connectivity index (χ4n) is 1.80. The molecule has 0 radical (unpaired) electrons. The fraction of sp³-hybridized carbons (Fsp3) is 0.250. The second-order valence-electron chi connectivity index (χ2n) is 4.65. The maximum atomic E-state index is 12.1. The van der Waals surface area contributed by atoms with E-state index in [1.807, 2.05) is 19.1 Å². The number of carbonyl (C=O) groups excluding carboxylic acids is 1. The minimum atomic E-state index is -0.166. The number of nitrogens with one attached hydrogen (secondary N) is 1. The van der Waals surface area contributed by atoms with Gasteiger partial charge in [-0.25, -0.2) is 0 Å². The first-order chi connectivity index (χ1) is 10.2. The van der Waals surface area contributed by atoms with Crippen LogP contribution in [0.1, 0.15) is 29.3 Å². The number of amides is 1. The van der Waals surface area contributed by atoms with Crippen molar-refractivity contribution >= 4 is 11.6 Å². The summed E-state index contributed by atoms with van der Waals surface area (Å²) in [4.78, 5) is 16.1. The van der Waals surface area contributed by atoms with Crippen LogP contribution in [0.15, 0.2) is 42.7 Å². The van der Waals surface area contributed by atoms with Gasteiger partial charge in [-0.2, -0.15) is 0 Å². The van der Waals surface area contributed by atoms with E-state index in [0.29, 0.717) is 30.2 Å². The Morgan fingerprint density at radius 1 is 1.38 bits per heavy atom. The summed E-state index contributed by atoms with van der Waals surface area (Å²) in [6.45, 7) is 3.02. The number of rotatable bonds is 6. The van der Waals surface area contributed by atoms with Crippen molar-refractivity contribution in [2.24, 2.45) is 0 Å². The Kier molecular flexibility index (Phi) is 5.15. The fourth-order valence-corrected chi connectivity index (χ4v) is 1.80. The van der Waals surface area contributed by atoms with Crippen LogP contribution < -0.4 is 15.8 Å². The summed E-state index contributed by atoms with van der Waals surface area (Å²) in [5.41, 5.74) is 7.84. The highest BCUT2D eigenvalue weighted by atomic mass is 16.5. The minimum Gasteiger partial charge on any atom is -0.491 e. The molecule has 0 aliphatic carbocycles. The normalized spacial score (nSPS) is 10.1. The van der Waals surface area contributed by atoms with Gasteiger partial charge in [0.15, 0.2) is 0 Å². The summed E-state index contributed by atoms with van der Waals surface area (Å²) in [6, 6.07) is 8.79. The van der Waals surface area contributed by atoms with Gasteiger partial charge in [0.1, 0.15) is 5.75 Å². The third kappa shape index (κ3) is 4.21. The van der Waals surface area contributed by atoms with Crippen LogP contribution in [0.3, 0.4) is 0 Å². The van der Waals surface area contributed by atoms with Gasteiger partial charge in [0.2, 0.25) is 0 Å². The number of nitrogens with zero attached hydrogens (tertiary/aromatic N) is 1. The quantitative estimate of drug-likeness (QED) is 0.799. The topological polar surface area (TPSA) is 77.2 Å². The predicted octanol–water partition coefficient (Wildman–Crippen LogP) is 2.38. The molecule has 21 heavy (non-hydrogen) atoms. The molecule has 1 heterocycles. The molecule has 1 aromatic heterocycles. The number of anilines is 1. The number of hydrogen-bond acceptors (Lipinski definition) is 4. The lowest BCUT2D eigenvalue weighted by Gasteiger charge is -2.10. The third-order valence-corrected chi connectivity index (χ3v) is 2.91. The van der Waals surface area contributed by atoms with Gasteiger partial charge in [-0.05, 0) is 36.2 Å². The highest BCUT2D eigenvalue weighted by Crippen LogP contribution is 2.23. The highest BCUT2D eigenvalue weighted by molar-refractivity contribution is 5.95. The molecular formula is C16H19N3O2. The van der Waals surface area contributed by atoms with Crippen LogP contribution >= 0.6 is 0 Å². The molecule has 0 saturated carbocycles. The molecular weight excluding hydrogens is 266 g/mol. The van der Waals surface area contributed by atoms with Crippen LogP contribution in [0.25, 0.3) is 0 Å². The zero-order chi connectivity index (χ0) is 15.1. The number of hydrogen-bond donors (Lipinski definition) is 2. The lowest BCUT2D eigenvalue weighted by Crippen LogP contribution is -2.22. The molecule has 1 aromatic carbocycles. The lowest BCUT2D eigenvalue weighted by atomic mass is 10.1. The molecule has 0 spiro atoms. The number of ether oxygens (including phenoxy) is 1. The maximum Gasteiger partial charge on any atom is 0.251 e. The van der Waals surface area contributed by atoms with Crippen LogP contribution in [0.4, 0.5) is 5.69 Å². The molecule has 5 nitrogen and oxygen atoms in total. The van der Waals surface area contributed by atoms with Crippen molar-refractivity contribution in [3.8, 4) is 5.75 Å². The zero-order valence-corrected chi connectivity index (χ0v) is 12.0. The van der Waals surface area contributed by atoms with Gasteiger partial charge in [0.05, 0.1) is 12.3 Å². The Bertz CT molecular complexity index is 600. The van der Waals surface area contributed by atoms with E-state index in [0.717, 1.165) is 12.0 Å². The van der Waals surface area contributed by atoms with E-state index in [-0.39, 0.29) is 5.91 Å². The zero-order valence-electron chi connectivity index (χ0n) is 12.0. The maximum absolute atomic E-state index is 12.1. The monoisotopic (exact) mass is 285 g/mol. The summed E-state index contributed by atoms with van der Waals surface area (Å²) >= 11 is 0. The van der Waals surface area contributed by atoms with Gasteiger partial charge < -0.3 is 15.8 Å². The number of benzene rings is 1. The van der Waals surface area contributed by atoms with E-state index in [4.69, 9.17) is 10.5 Å². The number of nitrogen functional groups attached to an aromatic ring is 1. The molecule has 0 aliphatic heterocycles. The molecule has 0 bridgehead atoms. The van der Waals surface area contributed by atoms with Crippen molar-refractivity contribution in [2.45, 2.75) is 19.9 Å². The molecule has 1 amide bonds.